The summed E-state index contributed by atoms with van der Waals surface area (Å²) < 4.78 is 0. The lowest BCUT2D eigenvalue weighted by atomic mass is 10.3. The molecule has 0 bridgehead atoms. The smallest absolute Gasteiger partial charge is 0.314 e. The summed E-state index contributed by atoms with van der Waals surface area (Å²) in [7, 11) is 0. The summed E-state index contributed by atoms with van der Waals surface area (Å²) in [5, 5.41) is 5.45. The van der Waals surface area contributed by atoms with Gasteiger partial charge in [0, 0.05) is 13.1 Å². The van der Waals surface area contributed by atoms with Gasteiger partial charge in [-0.05, 0) is 13.8 Å². The molecule has 0 atom stereocenters. The van der Waals surface area contributed by atoms with Gasteiger partial charge in [0.2, 0.25) is 0 Å². The molecule has 2 aliphatic heterocycles. The van der Waals surface area contributed by atoms with Crippen LogP contribution in [0.15, 0.2) is 0 Å². The van der Waals surface area contributed by atoms with Crippen LogP contribution >= 0.6 is 0 Å². The largest absolute Gasteiger partial charge is 0.320 e. The van der Waals surface area contributed by atoms with Crippen molar-refractivity contribution in [2.24, 2.45) is 0 Å². The van der Waals surface area contributed by atoms with Crippen LogP contribution in [0.2, 0.25) is 0 Å². The lowest BCUT2D eigenvalue weighted by Crippen LogP contribution is -2.46. The number of rotatable bonds is 2. The summed E-state index contributed by atoms with van der Waals surface area (Å²) in [5.74, 6) is 0. The van der Waals surface area contributed by atoms with Gasteiger partial charge >= 0.3 is 12.1 Å². The van der Waals surface area contributed by atoms with Crippen molar-refractivity contribution < 1.29 is 9.59 Å². The van der Waals surface area contributed by atoms with Gasteiger partial charge in [0.25, 0.3) is 0 Å². The molecule has 0 radical (unpaired) electrons. The Balaban J connectivity index is 2.24. The van der Waals surface area contributed by atoms with Crippen molar-refractivity contribution in [1.29, 1.82) is 0 Å². The van der Waals surface area contributed by atoms with E-state index in [9.17, 15) is 9.59 Å². The minimum absolute atomic E-state index is 0.110. The molecule has 0 spiro atoms. The van der Waals surface area contributed by atoms with Crippen molar-refractivity contribution >= 4 is 12.1 Å². The number of hydrogen-bond donors (Lipinski definition) is 2. The van der Waals surface area contributed by atoms with Gasteiger partial charge in [0.05, 0.1) is 0 Å². The number of fused-ring (bicyclic) bond motifs is 1. The van der Waals surface area contributed by atoms with Crippen LogP contribution in [0.5, 0.6) is 0 Å². The molecule has 2 aliphatic rings. The van der Waals surface area contributed by atoms with Crippen LogP contribution in [0.3, 0.4) is 0 Å². The van der Waals surface area contributed by atoms with Crippen LogP contribution in [0.1, 0.15) is 13.8 Å². The third-order valence-electron chi connectivity index (χ3n) is 2.70. The Bertz CT molecular complexity index is 255. The van der Waals surface area contributed by atoms with Crippen LogP contribution in [0, 0.1) is 0 Å². The van der Waals surface area contributed by atoms with Crippen molar-refractivity contribution in [2.45, 2.75) is 26.2 Å². The third kappa shape index (κ3) is 1.03. The molecule has 4 amide bonds. The highest BCUT2D eigenvalue weighted by molar-refractivity contribution is 5.84. The maximum Gasteiger partial charge on any atom is 0.320 e. The average Bonchev–Trinajstić information content (AvgIpc) is 2.58. The number of likely N-dealkylation sites (N-methyl/N-ethyl adjacent to an activating group) is 2. The van der Waals surface area contributed by atoms with Gasteiger partial charge in [-0.2, -0.15) is 0 Å². The first-order valence-electron chi connectivity index (χ1n) is 4.83. The lowest BCUT2D eigenvalue weighted by molar-refractivity contribution is 0.136. The zero-order valence-corrected chi connectivity index (χ0v) is 8.28. The first-order valence-corrected chi connectivity index (χ1v) is 4.83. The van der Waals surface area contributed by atoms with E-state index in [1.807, 2.05) is 13.8 Å². The fourth-order valence-electron chi connectivity index (χ4n) is 2.05. The number of nitrogens with zero attached hydrogens (tertiary/aromatic N) is 2. The van der Waals surface area contributed by atoms with Gasteiger partial charge in [0.1, 0.15) is 12.3 Å². The molecule has 6 heteroatoms. The average molecular weight is 198 g/mol. The SMILES string of the molecule is CCN1C(=O)N[C@H]2NC(=O)N(CC)[C@H]21. The fraction of sp³-hybridized carbons (Fsp3) is 0.750. The molecule has 0 saturated carbocycles. The Morgan fingerprint density at radius 3 is 1.86 bits per heavy atom. The Morgan fingerprint density at radius 2 is 1.50 bits per heavy atom. The highest BCUT2D eigenvalue weighted by Gasteiger charge is 2.49. The molecule has 0 aromatic heterocycles. The van der Waals surface area contributed by atoms with Gasteiger partial charge in [-0.15, -0.1) is 0 Å². The molecule has 0 unspecified atom stereocenters. The highest BCUT2D eigenvalue weighted by atomic mass is 16.2. The molecule has 2 rings (SSSR count). The number of urea groups is 2. The zero-order chi connectivity index (χ0) is 10.3. The predicted molar refractivity (Wildman–Crippen MR) is 49.4 cm³/mol. The van der Waals surface area contributed by atoms with E-state index >= 15 is 0 Å². The first kappa shape index (κ1) is 9.11. The van der Waals surface area contributed by atoms with Crippen molar-refractivity contribution in [3.63, 3.8) is 0 Å². The highest BCUT2D eigenvalue weighted by Crippen LogP contribution is 2.21. The van der Waals surface area contributed by atoms with Gasteiger partial charge in [-0.1, -0.05) is 0 Å². The zero-order valence-electron chi connectivity index (χ0n) is 8.28. The molecule has 6 nitrogen and oxygen atoms in total. The number of amides is 4. The molecule has 0 aromatic rings. The molecule has 0 aromatic carbocycles. The van der Waals surface area contributed by atoms with Crippen LogP contribution in [0.4, 0.5) is 9.59 Å². The topological polar surface area (TPSA) is 64.7 Å². The van der Waals surface area contributed by atoms with Crippen molar-refractivity contribution in [3.8, 4) is 0 Å². The second-order valence-electron chi connectivity index (χ2n) is 3.36. The molecule has 0 aliphatic carbocycles. The minimum atomic E-state index is -0.255. The van der Waals surface area contributed by atoms with Gasteiger partial charge in [0.15, 0.2) is 0 Å². The summed E-state index contributed by atoms with van der Waals surface area (Å²) in [4.78, 5) is 26.2. The predicted octanol–water partition coefficient (Wildman–Crippen LogP) is -0.271. The lowest BCUT2D eigenvalue weighted by Gasteiger charge is -2.27. The monoisotopic (exact) mass is 198 g/mol. The molecule has 2 saturated heterocycles. The number of carbonyl (C=O) groups excluding carboxylic acids is 2. The summed E-state index contributed by atoms with van der Waals surface area (Å²) in [6.07, 6.45) is -0.417. The maximum absolute atomic E-state index is 11.4. The normalized spacial score (nSPS) is 30.4. The van der Waals surface area contributed by atoms with Crippen LogP contribution in [-0.2, 0) is 0 Å². The molecule has 2 heterocycles. The van der Waals surface area contributed by atoms with E-state index in [-0.39, 0.29) is 24.4 Å². The van der Waals surface area contributed by atoms with E-state index in [0.717, 1.165) is 0 Å². The van der Waals surface area contributed by atoms with Crippen molar-refractivity contribution in [3.05, 3.63) is 0 Å². The summed E-state index contributed by atoms with van der Waals surface area (Å²) >= 11 is 0. The van der Waals surface area contributed by atoms with E-state index in [4.69, 9.17) is 0 Å². The van der Waals surface area contributed by atoms with Crippen LogP contribution in [0.25, 0.3) is 0 Å². The quantitative estimate of drug-likeness (QED) is 0.641. The summed E-state index contributed by atoms with van der Waals surface area (Å²) in [6, 6.07) is -0.220. The van der Waals surface area contributed by atoms with Crippen molar-refractivity contribution in [1.82, 2.24) is 20.4 Å². The van der Waals surface area contributed by atoms with Gasteiger partial charge in [-0.25, -0.2) is 9.59 Å². The molecule has 2 fully saturated rings. The molecule has 2 N–H and O–H groups in total. The second-order valence-corrected chi connectivity index (χ2v) is 3.36. The fourth-order valence-corrected chi connectivity index (χ4v) is 2.05. The van der Waals surface area contributed by atoms with Crippen molar-refractivity contribution in [2.75, 3.05) is 13.1 Å². The van der Waals surface area contributed by atoms with E-state index < -0.39 is 0 Å². The van der Waals surface area contributed by atoms with E-state index in [2.05, 4.69) is 10.6 Å². The van der Waals surface area contributed by atoms with Gasteiger partial charge < -0.3 is 20.4 Å². The maximum atomic E-state index is 11.4. The van der Waals surface area contributed by atoms with E-state index in [0.29, 0.717) is 13.1 Å². The molecular formula is C8H14N4O2. The van der Waals surface area contributed by atoms with Crippen LogP contribution < -0.4 is 10.6 Å². The van der Waals surface area contributed by atoms with E-state index in [1.165, 1.54) is 0 Å². The number of nitrogens with one attached hydrogen (secondary N) is 2. The van der Waals surface area contributed by atoms with Crippen LogP contribution in [-0.4, -0.2) is 47.3 Å². The number of hydrogen-bond acceptors (Lipinski definition) is 2. The van der Waals surface area contributed by atoms with E-state index in [1.54, 1.807) is 9.80 Å². The standard InChI is InChI=1S/C8H14N4O2/c1-3-11-6-5(9-7(11)13)10-8(14)12(6)4-2/h5-6H,3-4H2,1-2H3,(H,9,13)(H,10,14)/t5-,6+. The first-order chi connectivity index (χ1) is 6.69. The Morgan fingerprint density at radius 1 is 1.07 bits per heavy atom. The Kier molecular flexibility index (Phi) is 1.98. The Hall–Kier alpha value is -1.46. The summed E-state index contributed by atoms with van der Waals surface area (Å²) in [6.45, 7) is 5.02. The van der Waals surface area contributed by atoms with Gasteiger partial charge in [-0.3, -0.25) is 0 Å². The summed E-state index contributed by atoms with van der Waals surface area (Å²) in [5.41, 5.74) is 0. The molecular weight excluding hydrogens is 184 g/mol. The second kappa shape index (κ2) is 3.04. The number of carbonyl (C=O) groups is 2. The molecule has 14 heavy (non-hydrogen) atoms. The minimum Gasteiger partial charge on any atom is -0.314 e. The third-order valence-corrected chi connectivity index (χ3v) is 2.70. The Labute approximate surface area is 82.2 Å². The molecule has 78 valence electrons.